The van der Waals surface area contributed by atoms with Crippen molar-refractivity contribution in [3.8, 4) is 0 Å². The molecule has 4 heteroatoms. The molecule has 0 saturated carbocycles. The number of ketones is 1. The molecule has 0 aliphatic carbocycles. The maximum absolute atomic E-state index is 10.2. The van der Waals surface area contributed by atoms with Crippen molar-refractivity contribution in [2.24, 2.45) is 11.5 Å². The van der Waals surface area contributed by atoms with E-state index in [2.05, 4.69) is 0 Å². The Morgan fingerprint density at radius 2 is 1.88 bits per heavy atom. The second-order valence-electron chi connectivity index (χ2n) is 1.28. The lowest BCUT2D eigenvalue weighted by molar-refractivity contribution is -0.117. The minimum absolute atomic E-state index is 0. The Balaban J connectivity index is 0. The van der Waals surface area contributed by atoms with Gasteiger partial charge in [-0.25, -0.2) is 0 Å². The molecule has 0 atom stereocenters. The Hall–Kier alpha value is -0.120. The molecule has 8 heavy (non-hydrogen) atoms. The van der Waals surface area contributed by atoms with Crippen LogP contribution in [0.4, 0.5) is 0 Å². The Kier molecular flexibility index (Phi) is 9.28. The van der Waals surface area contributed by atoms with Gasteiger partial charge in [0.25, 0.3) is 0 Å². The summed E-state index contributed by atoms with van der Waals surface area (Å²) < 4.78 is 0. The highest BCUT2D eigenvalue weighted by atomic mass is 35.5. The molecule has 0 bridgehead atoms. The van der Waals surface area contributed by atoms with Gasteiger partial charge in [0.05, 0.1) is 6.54 Å². The van der Waals surface area contributed by atoms with E-state index >= 15 is 0 Å². The predicted molar refractivity (Wildman–Crippen MR) is 35.0 cm³/mol. The molecule has 0 spiro atoms. The van der Waals surface area contributed by atoms with Gasteiger partial charge in [0.15, 0.2) is 0 Å². The van der Waals surface area contributed by atoms with Gasteiger partial charge in [-0.05, 0) is 6.54 Å². The highest BCUT2D eigenvalue weighted by molar-refractivity contribution is 5.85. The number of nitrogens with two attached hydrogens (primary N) is 2. The average Bonchev–Trinajstić information content (AvgIpc) is 1.68. The van der Waals surface area contributed by atoms with Gasteiger partial charge in [-0.3, -0.25) is 4.79 Å². The van der Waals surface area contributed by atoms with Crippen molar-refractivity contribution in [2.75, 3.05) is 13.1 Å². The molecular weight excluding hydrogens is 128 g/mol. The van der Waals surface area contributed by atoms with E-state index in [0.29, 0.717) is 13.0 Å². The SMILES string of the molecule is Cl.NCCC(=O)CN. The molecule has 4 N–H and O–H groups in total. The van der Waals surface area contributed by atoms with E-state index in [-0.39, 0.29) is 24.7 Å². The summed E-state index contributed by atoms with van der Waals surface area (Å²) in [4.78, 5) is 10.2. The summed E-state index contributed by atoms with van der Waals surface area (Å²) in [6, 6.07) is 0. The van der Waals surface area contributed by atoms with Crippen LogP contribution in [0.15, 0.2) is 0 Å². The van der Waals surface area contributed by atoms with Crippen molar-refractivity contribution in [1.82, 2.24) is 0 Å². The van der Waals surface area contributed by atoms with Crippen LogP contribution in [-0.4, -0.2) is 18.9 Å². The lowest BCUT2D eigenvalue weighted by Gasteiger charge is -1.87. The first-order chi connectivity index (χ1) is 3.31. The van der Waals surface area contributed by atoms with E-state index in [4.69, 9.17) is 11.5 Å². The molecule has 0 aromatic heterocycles. The summed E-state index contributed by atoms with van der Waals surface area (Å²) in [5, 5.41) is 0. The van der Waals surface area contributed by atoms with Gasteiger partial charge in [-0.2, -0.15) is 0 Å². The molecule has 50 valence electrons. The normalized spacial score (nSPS) is 7.75. The monoisotopic (exact) mass is 138 g/mol. The number of hydrogen-bond donors (Lipinski definition) is 2. The molecule has 0 aromatic carbocycles. The molecular formula is C4H11ClN2O. The molecule has 0 aliphatic heterocycles. The minimum Gasteiger partial charge on any atom is -0.330 e. The van der Waals surface area contributed by atoms with E-state index in [1.807, 2.05) is 0 Å². The highest BCUT2D eigenvalue weighted by Crippen LogP contribution is 1.72. The van der Waals surface area contributed by atoms with Crippen LogP contribution in [0.25, 0.3) is 0 Å². The number of carbonyl (C=O) groups is 1. The lowest BCUT2D eigenvalue weighted by atomic mass is 10.3. The molecule has 0 saturated heterocycles. The van der Waals surface area contributed by atoms with E-state index in [9.17, 15) is 4.79 Å². The van der Waals surface area contributed by atoms with Gasteiger partial charge < -0.3 is 11.5 Å². The van der Waals surface area contributed by atoms with Gasteiger partial charge in [0.2, 0.25) is 0 Å². The predicted octanol–water partition coefficient (Wildman–Crippen LogP) is -0.715. The number of halogens is 1. The van der Waals surface area contributed by atoms with Crippen molar-refractivity contribution < 1.29 is 4.79 Å². The number of hydrogen-bond acceptors (Lipinski definition) is 3. The summed E-state index contributed by atoms with van der Waals surface area (Å²) in [5.41, 5.74) is 9.98. The third-order valence-corrected chi connectivity index (χ3v) is 0.651. The van der Waals surface area contributed by atoms with Gasteiger partial charge in [-0.1, -0.05) is 0 Å². The summed E-state index contributed by atoms with van der Waals surface area (Å²) in [6.45, 7) is 0.535. The van der Waals surface area contributed by atoms with Gasteiger partial charge >= 0.3 is 0 Å². The van der Waals surface area contributed by atoms with E-state index in [1.54, 1.807) is 0 Å². The van der Waals surface area contributed by atoms with Crippen molar-refractivity contribution in [2.45, 2.75) is 6.42 Å². The fourth-order valence-electron chi connectivity index (χ4n) is 0.263. The van der Waals surface area contributed by atoms with E-state index < -0.39 is 0 Å². The molecule has 0 radical (unpaired) electrons. The van der Waals surface area contributed by atoms with Crippen molar-refractivity contribution in [3.05, 3.63) is 0 Å². The molecule has 0 rings (SSSR count). The van der Waals surface area contributed by atoms with Crippen LogP contribution in [0.2, 0.25) is 0 Å². The third kappa shape index (κ3) is 5.88. The second kappa shape index (κ2) is 6.88. The standard InChI is InChI=1S/C4H10N2O.ClH/c5-2-1-4(7)3-6;/h1-3,5-6H2;1H. The number of Topliss-reactive ketones (excluding diaryl/α,β-unsaturated/α-hetero) is 1. The Morgan fingerprint density at radius 3 is 2.00 bits per heavy atom. The Labute approximate surface area is 54.8 Å². The zero-order chi connectivity index (χ0) is 5.70. The quantitative estimate of drug-likeness (QED) is 0.541. The molecule has 3 nitrogen and oxygen atoms in total. The smallest absolute Gasteiger partial charge is 0.147 e. The van der Waals surface area contributed by atoms with Crippen LogP contribution < -0.4 is 11.5 Å². The molecule has 0 amide bonds. The van der Waals surface area contributed by atoms with Crippen LogP contribution in [0.1, 0.15) is 6.42 Å². The van der Waals surface area contributed by atoms with Crippen LogP contribution in [-0.2, 0) is 4.79 Å². The van der Waals surface area contributed by atoms with Gasteiger partial charge in [0, 0.05) is 6.42 Å². The summed E-state index contributed by atoms with van der Waals surface area (Å²) in [7, 11) is 0. The first kappa shape index (κ1) is 10.8. The van der Waals surface area contributed by atoms with Gasteiger partial charge in [-0.15, -0.1) is 12.4 Å². The summed E-state index contributed by atoms with van der Waals surface area (Å²) in [6.07, 6.45) is 0.413. The van der Waals surface area contributed by atoms with Crippen molar-refractivity contribution >= 4 is 18.2 Å². The number of rotatable bonds is 3. The summed E-state index contributed by atoms with van der Waals surface area (Å²) in [5.74, 6) is 0.0301. The first-order valence-electron chi connectivity index (χ1n) is 2.23. The maximum atomic E-state index is 10.2. The van der Waals surface area contributed by atoms with Crippen LogP contribution in [0.5, 0.6) is 0 Å². The first-order valence-corrected chi connectivity index (χ1v) is 2.23. The Morgan fingerprint density at radius 1 is 1.38 bits per heavy atom. The highest BCUT2D eigenvalue weighted by Gasteiger charge is 1.91. The lowest BCUT2D eigenvalue weighted by Crippen LogP contribution is -2.16. The largest absolute Gasteiger partial charge is 0.330 e. The topological polar surface area (TPSA) is 69.1 Å². The number of carbonyl (C=O) groups excluding carboxylic acids is 1. The third-order valence-electron chi connectivity index (χ3n) is 0.651. The van der Waals surface area contributed by atoms with E-state index in [0.717, 1.165) is 0 Å². The second-order valence-corrected chi connectivity index (χ2v) is 1.28. The maximum Gasteiger partial charge on any atom is 0.147 e. The molecule has 0 unspecified atom stereocenters. The van der Waals surface area contributed by atoms with E-state index in [1.165, 1.54) is 0 Å². The van der Waals surface area contributed by atoms with Crippen LogP contribution in [0.3, 0.4) is 0 Å². The molecule has 0 fully saturated rings. The fourth-order valence-corrected chi connectivity index (χ4v) is 0.263. The van der Waals surface area contributed by atoms with Crippen LogP contribution >= 0.6 is 12.4 Å². The summed E-state index contributed by atoms with van der Waals surface area (Å²) >= 11 is 0. The van der Waals surface area contributed by atoms with Crippen molar-refractivity contribution in [3.63, 3.8) is 0 Å². The zero-order valence-corrected chi connectivity index (χ0v) is 5.41. The van der Waals surface area contributed by atoms with Gasteiger partial charge in [0.1, 0.15) is 5.78 Å². The Bertz CT molecular complexity index is 67.1. The molecule has 0 aliphatic rings. The average molecular weight is 139 g/mol. The fraction of sp³-hybridized carbons (Fsp3) is 0.750. The zero-order valence-electron chi connectivity index (χ0n) is 4.59. The minimum atomic E-state index is 0. The van der Waals surface area contributed by atoms with Crippen molar-refractivity contribution in [1.29, 1.82) is 0 Å². The molecule has 0 heterocycles. The van der Waals surface area contributed by atoms with Crippen LogP contribution in [0, 0.1) is 0 Å². The molecule has 0 aromatic rings.